The number of thiocarbonyl (C=S) groups is 1. The Morgan fingerprint density at radius 3 is 2.14 bits per heavy atom. The van der Waals surface area contributed by atoms with E-state index >= 15 is 0 Å². The van der Waals surface area contributed by atoms with Gasteiger partial charge in [0.05, 0.1) is 10.5 Å². The summed E-state index contributed by atoms with van der Waals surface area (Å²) in [4.78, 5) is 12.9. The van der Waals surface area contributed by atoms with Crippen LogP contribution in [0.5, 0.6) is 0 Å². The molecule has 114 valence electrons. The number of benzene rings is 1. The highest BCUT2D eigenvalue weighted by Gasteiger charge is 2.35. The van der Waals surface area contributed by atoms with Crippen molar-refractivity contribution in [1.82, 2.24) is 5.32 Å². The van der Waals surface area contributed by atoms with Gasteiger partial charge in [0, 0.05) is 10.6 Å². The number of nitrogens with one attached hydrogen (secondary N) is 1. The molecule has 3 N–H and O–H groups in total. The first-order chi connectivity index (χ1) is 10.0. The van der Waals surface area contributed by atoms with Crippen LogP contribution in [0.4, 0.5) is 0 Å². The van der Waals surface area contributed by atoms with E-state index in [0.29, 0.717) is 15.6 Å². The van der Waals surface area contributed by atoms with Crippen molar-refractivity contribution >= 4 is 34.7 Å². The van der Waals surface area contributed by atoms with Gasteiger partial charge in [-0.05, 0) is 37.1 Å². The van der Waals surface area contributed by atoms with Crippen molar-refractivity contribution in [3.05, 3.63) is 34.9 Å². The lowest BCUT2D eigenvalue weighted by molar-refractivity contribution is 0.0913. The van der Waals surface area contributed by atoms with Crippen molar-refractivity contribution in [3.63, 3.8) is 0 Å². The van der Waals surface area contributed by atoms with E-state index < -0.39 is 5.54 Å². The molecule has 5 heteroatoms. The number of nitrogens with two attached hydrogens (primary N) is 1. The van der Waals surface area contributed by atoms with Crippen LogP contribution in [0.25, 0.3) is 0 Å². The van der Waals surface area contributed by atoms with Crippen LogP contribution >= 0.6 is 23.8 Å². The van der Waals surface area contributed by atoms with Crippen molar-refractivity contribution in [1.29, 1.82) is 0 Å². The van der Waals surface area contributed by atoms with Crippen molar-refractivity contribution in [3.8, 4) is 0 Å². The molecule has 0 unspecified atom stereocenters. The highest BCUT2D eigenvalue weighted by atomic mass is 35.5. The van der Waals surface area contributed by atoms with Crippen LogP contribution in [-0.2, 0) is 0 Å². The molecule has 0 atom stereocenters. The quantitative estimate of drug-likeness (QED) is 0.831. The Kier molecular flexibility index (Phi) is 5.59. The van der Waals surface area contributed by atoms with E-state index in [9.17, 15) is 4.79 Å². The first kappa shape index (κ1) is 16.2. The van der Waals surface area contributed by atoms with Crippen LogP contribution in [0.3, 0.4) is 0 Å². The van der Waals surface area contributed by atoms with E-state index in [1.165, 1.54) is 19.3 Å². The van der Waals surface area contributed by atoms with Crippen LogP contribution in [0.15, 0.2) is 24.3 Å². The Morgan fingerprint density at radius 1 is 1.10 bits per heavy atom. The second kappa shape index (κ2) is 7.23. The Bertz CT molecular complexity index is 508. The molecule has 0 aromatic heterocycles. The van der Waals surface area contributed by atoms with E-state index in [4.69, 9.17) is 29.6 Å². The Labute approximate surface area is 136 Å². The SMILES string of the molecule is NC(=S)C1(NC(=O)c2ccc(Cl)cc2)CCCCCCC1. The standard InChI is InChI=1S/C16H21ClN2OS/c17-13-8-6-12(7-9-13)14(20)19-16(15(18)21)10-4-2-1-3-5-11-16/h6-9H,1-5,10-11H2,(H2,18,21)(H,19,20). The van der Waals surface area contributed by atoms with Crippen molar-refractivity contribution in [2.45, 2.75) is 50.5 Å². The summed E-state index contributed by atoms with van der Waals surface area (Å²) in [5.74, 6) is -0.139. The van der Waals surface area contributed by atoms with Gasteiger partial charge in [-0.25, -0.2) is 0 Å². The lowest BCUT2D eigenvalue weighted by Crippen LogP contribution is -2.57. The van der Waals surface area contributed by atoms with Crippen LogP contribution in [0.2, 0.25) is 5.02 Å². The smallest absolute Gasteiger partial charge is 0.252 e. The zero-order chi connectivity index (χ0) is 15.3. The predicted molar refractivity (Wildman–Crippen MR) is 90.8 cm³/mol. The molecule has 1 aromatic rings. The fourth-order valence-electron chi connectivity index (χ4n) is 2.83. The van der Waals surface area contributed by atoms with Gasteiger partial charge in [0.25, 0.3) is 5.91 Å². The minimum Gasteiger partial charge on any atom is -0.391 e. The maximum atomic E-state index is 12.5. The summed E-state index contributed by atoms with van der Waals surface area (Å²) in [7, 11) is 0. The van der Waals surface area contributed by atoms with Gasteiger partial charge in [0.1, 0.15) is 0 Å². The predicted octanol–water partition coefficient (Wildman–Crippen LogP) is 3.84. The van der Waals surface area contributed by atoms with E-state index in [0.717, 1.165) is 25.7 Å². The third-order valence-electron chi connectivity index (χ3n) is 4.14. The number of hydrogen-bond acceptors (Lipinski definition) is 2. The average Bonchev–Trinajstić information content (AvgIpc) is 2.42. The molecule has 1 aromatic carbocycles. The summed E-state index contributed by atoms with van der Waals surface area (Å²) in [6, 6.07) is 6.85. The minimum absolute atomic E-state index is 0.139. The largest absolute Gasteiger partial charge is 0.391 e. The van der Waals surface area contributed by atoms with Gasteiger partial charge in [-0.3, -0.25) is 4.79 Å². The summed E-state index contributed by atoms with van der Waals surface area (Å²) in [6.45, 7) is 0. The van der Waals surface area contributed by atoms with E-state index in [-0.39, 0.29) is 5.91 Å². The number of rotatable bonds is 3. The zero-order valence-electron chi connectivity index (χ0n) is 12.0. The molecule has 0 aliphatic heterocycles. The third-order valence-corrected chi connectivity index (χ3v) is 4.78. The molecule has 0 spiro atoms. The monoisotopic (exact) mass is 324 g/mol. The molecular formula is C16H21ClN2OS. The molecule has 1 amide bonds. The van der Waals surface area contributed by atoms with Gasteiger partial charge < -0.3 is 11.1 Å². The fourth-order valence-corrected chi connectivity index (χ4v) is 3.21. The highest BCUT2D eigenvalue weighted by molar-refractivity contribution is 7.80. The Balaban J connectivity index is 2.16. The fraction of sp³-hybridized carbons (Fsp3) is 0.500. The minimum atomic E-state index is -0.549. The zero-order valence-corrected chi connectivity index (χ0v) is 13.6. The first-order valence-electron chi connectivity index (χ1n) is 7.41. The Hall–Kier alpha value is -1.13. The molecule has 1 aliphatic rings. The molecule has 1 saturated carbocycles. The van der Waals surface area contributed by atoms with Crippen LogP contribution in [-0.4, -0.2) is 16.4 Å². The van der Waals surface area contributed by atoms with Crippen LogP contribution in [0, 0.1) is 0 Å². The summed E-state index contributed by atoms with van der Waals surface area (Å²) >= 11 is 11.1. The van der Waals surface area contributed by atoms with Gasteiger partial charge in [0.2, 0.25) is 0 Å². The van der Waals surface area contributed by atoms with Gasteiger partial charge in [0.15, 0.2) is 0 Å². The van der Waals surface area contributed by atoms with E-state index in [1.807, 2.05) is 0 Å². The molecule has 21 heavy (non-hydrogen) atoms. The third kappa shape index (κ3) is 4.17. The Morgan fingerprint density at radius 2 is 1.62 bits per heavy atom. The summed E-state index contributed by atoms with van der Waals surface area (Å²) < 4.78 is 0. The topological polar surface area (TPSA) is 55.1 Å². The van der Waals surface area contributed by atoms with Gasteiger partial charge in [-0.2, -0.15) is 0 Å². The van der Waals surface area contributed by atoms with Crippen molar-refractivity contribution < 1.29 is 4.79 Å². The van der Waals surface area contributed by atoms with Crippen LogP contribution < -0.4 is 11.1 Å². The van der Waals surface area contributed by atoms with Crippen molar-refractivity contribution in [2.24, 2.45) is 5.73 Å². The normalized spacial score (nSPS) is 18.3. The maximum absolute atomic E-state index is 12.5. The van der Waals surface area contributed by atoms with Gasteiger partial charge >= 0.3 is 0 Å². The molecule has 3 nitrogen and oxygen atoms in total. The summed E-state index contributed by atoms with van der Waals surface area (Å²) in [5, 5.41) is 3.70. The first-order valence-corrected chi connectivity index (χ1v) is 8.20. The molecule has 1 aliphatic carbocycles. The lowest BCUT2D eigenvalue weighted by Gasteiger charge is -2.35. The number of carbonyl (C=O) groups excluding carboxylic acids is 1. The molecule has 0 heterocycles. The molecular weight excluding hydrogens is 304 g/mol. The van der Waals surface area contributed by atoms with Gasteiger partial charge in [-0.1, -0.05) is 55.9 Å². The van der Waals surface area contributed by atoms with Gasteiger partial charge in [-0.15, -0.1) is 0 Å². The molecule has 0 saturated heterocycles. The number of amides is 1. The lowest BCUT2D eigenvalue weighted by atomic mass is 9.83. The van der Waals surface area contributed by atoms with Crippen molar-refractivity contribution in [2.75, 3.05) is 0 Å². The second-order valence-electron chi connectivity index (χ2n) is 5.68. The van der Waals surface area contributed by atoms with E-state index in [2.05, 4.69) is 5.32 Å². The number of halogens is 1. The molecule has 0 radical (unpaired) electrons. The number of carbonyl (C=O) groups is 1. The van der Waals surface area contributed by atoms with E-state index in [1.54, 1.807) is 24.3 Å². The maximum Gasteiger partial charge on any atom is 0.252 e. The highest BCUT2D eigenvalue weighted by Crippen LogP contribution is 2.27. The second-order valence-corrected chi connectivity index (χ2v) is 6.55. The summed E-state index contributed by atoms with van der Waals surface area (Å²) in [5.41, 5.74) is 6.00. The number of hydrogen-bond donors (Lipinski definition) is 2. The summed E-state index contributed by atoms with van der Waals surface area (Å²) in [6.07, 6.45) is 7.31. The molecule has 2 rings (SSSR count). The molecule has 0 bridgehead atoms. The average molecular weight is 325 g/mol. The van der Waals surface area contributed by atoms with Crippen LogP contribution in [0.1, 0.15) is 55.3 Å². The molecule has 1 fully saturated rings.